The van der Waals surface area contributed by atoms with Gasteiger partial charge in [0.15, 0.2) is 0 Å². The topological polar surface area (TPSA) is 37.4 Å². The molecule has 1 aliphatic heterocycles. The predicted molar refractivity (Wildman–Crippen MR) is 76.0 cm³/mol. The average molecular weight is 273 g/mol. The molecule has 19 heavy (non-hydrogen) atoms. The summed E-state index contributed by atoms with van der Waals surface area (Å²) in [6.45, 7) is 0.970. The number of sulfonamides is 1. The monoisotopic (exact) mass is 273 g/mol. The molecule has 2 aromatic rings. The van der Waals surface area contributed by atoms with Gasteiger partial charge in [0, 0.05) is 13.1 Å². The molecule has 1 heterocycles. The first-order chi connectivity index (χ1) is 9.04. The van der Waals surface area contributed by atoms with Crippen LogP contribution in [0.15, 0.2) is 48.5 Å². The molecule has 0 atom stereocenters. The van der Waals surface area contributed by atoms with Gasteiger partial charge in [-0.2, -0.15) is 4.31 Å². The van der Waals surface area contributed by atoms with Crippen LogP contribution in [0.4, 0.5) is 0 Å². The minimum Gasteiger partial charge on any atom is -0.212 e. The van der Waals surface area contributed by atoms with E-state index in [0.29, 0.717) is 13.1 Å². The van der Waals surface area contributed by atoms with E-state index in [9.17, 15) is 8.42 Å². The minimum atomic E-state index is -3.11. The fraction of sp³-hybridized carbons (Fsp3) is 0.200. The third kappa shape index (κ3) is 2.41. The van der Waals surface area contributed by atoms with E-state index >= 15 is 0 Å². The van der Waals surface area contributed by atoms with Gasteiger partial charge in [0.1, 0.15) is 0 Å². The van der Waals surface area contributed by atoms with Gasteiger partial charge < -0.3 is 0 Å². The van der Waals surface area contributed by atoms with E-state index in [1.165, 1.54) is 10.6 Å². The Hall–Kier alpha value is -1.65. The van der Waals surface area contributed by atoms with Crippen LogP contribution in [0.3, 0.4) is 0 Å². The summed E-state index contributed by atoms with van der Waals surface area (Å²) in [7, 11) is -3.11. The Kier molecular flexibility index (Phi) is 2.92. The number of benzene rings is 2. The molecule has 3 rings (SSSR count). The van der Waals surface area contributed by atoms with Gasteiger partial charge in [-0.15, -0.1) is 0 Å². The van der Waals surface area contributed by atoms with Crippen LogP contribution in [0.25, 0.3) is 11.1 Å². The van der Waals surface area contributed by atoms with Gasteiger partial charge in [-0.1, -0.05) is 42.5 Å². The fourth-order valence-corrected chi connectivity index (χ4v) is 3.16. The van der Waals surface area contributed by atoms with Gasteiger partial charge in [0.05, 0.1) is 6.26 Å². The molecule has 0 amide bonds. The zero-order valence-electron chi connectivity index (χ0n) is 10.7. The van der Waals surface area contributed by atoms with E-state index in [-0.39, 0.29) is 0 Å². The quantitative estimate of drug-likeness (QED) is 0.843. The van der Waals surface area contributed by atoms with Crippen LogP contribution >= 0.6 is 0 Å². The molecule has 2 aromatic carbocycles. The molecular formula is C15H15NO2S. The molecule has 0 N–H and O–H groups in total. The molecule has 4 heteroatoms. The van der Waals surface area contributed by atoms with Crippen molar-refractivity contribution in [2.45, 2.75) is 13.1 Å². The van der Waals surface area contributed by atoms with Gasteiger partial charge >= 0.3 is 0 Å². The summed E-state index contributed by atoms with van der Waals surface area (Å²) in [6, 6.07) is 16.3. The summed E-state index contributed by atoms with van der Waals surface area (Å²) in [5.74, 6) is 0. The third-order valence-corrected chi connectivity index (χ3v) is 4.67. The largest absolute Gasteiger partial charge is 0.212 e. The van der Waals surface area contributed by atoms with Crippen molar-refractivity contribution >= 4 is 10.0 Å². The summed E-state index contributed by atoms with van der Waals surface area (Å²) < 4.78 is 24.7. The summed E-state index contributed by atoms with van der Waals surface area (Å²) in [5.41, 5.74) is 4.50. The molecule has 0 unspecified atom stereocenters. The molecular weight excluding hydrogens is 258 g/mol. The molecule has 0 radical (unpaired) electrons. The van der Waals surface area contributed by atoms with Crippen LogP contribution < -0.4 is 0 Å². The first-order valence-corrected chi connectivity index (χ1v) is 8.01. The Morgan fingerprint density at radius 2 is 1.58 bits per heavy atom. The molecule has 98 valence electrons. The van der Waals surface area contributed by atoms with Gasteiger partial charge in [0.25, 0.3) is 0 Å². The Labute approximate surface area is 113 Å². The van der Waals surface area contributed by atoms with E-state index in [2.05, 4.69) is 24.3 Å². The Balaban J connectivity index is 1.96. The van der Waals surface area contributed by atoms with Crippen molar-refractivity contribution in [3.05, 3.63) is 59.7 Å². The lowest BCUT2D eigenvalue weighted by atomic mass is 10.0. The van der Waals surface area contributed by atoms with Gasteiger partial charge in [-0.25, -0.2) is 8.42 Å². The zero-order chi connectivity index (χ0) is 13.5. The van der Waals surface area contributed by atoms with Crippen LogP contribution in [0, 0.1) is 0 Å². The van der Waals surface area contributed by atoms with E-state index in [1.54, 1.807) is 0 Å². The molecule has 0 saturated carbocycles. The lowest BCUT2D eigenvalue weighted by Gasteiger charge is -2.10. The molecule has 1 aliphatic rings. The maximum atomic E-state index is 11.6. The van der Waals surface area contributed by atoms with Crippen molar-refractivity contribution in [2.24, 2.45) is 0 Å². The average Bonchev–Trinajstić information content (AvgIpc) is 2.82. The Bertz CT molecular complexity index is 708. The molecule has 0 bridgehead atoms. The SMILES string of the molecule is CS(=O)(=O)N1Cc2ccc(-c3ccccc3)cc2C1. The van der Waals surface area contributed by atoms with Crippen molar-refractivity contribution < 1.29 is 8.42 Å². The number of rotatable bonds is 2. The van der Waals surface area contributed by atoms with Gasteiger partial charge in [-0.05, 0) is 28.3 Å². The highest BCUT2D eigenvalue weighted by molar-refractivity contribution is 7.88. The lowest BCUT2D eigenvalue weighted by Crippen LogP contribution is -2.23. The summed E-state index contributed by atoms with van der Waals surface area (Å²) in [4.78, 5) is 0. The Morgan fingerprint density at radius 1 is 0.895 bits per heavy atom. The second kappa shape index (κ2) is 4.47. The second-order valence-electron chi connectivity index (χ2n) is 4.88. The third-order valence-electron chi connectivity index (χ3n) is 3.48. The smallest absolute Gasteiger partial charge is 0.211 e. The lowest BCUT2D eigenvalue weighted by molar-refractivity contribution is 0.436. The standard InChI is InChI=1S/C15H15NO2S/c1-19(17,18)16-10-14-8-7-13(9-15(14)11-16)12-5-3-2-4-6-12/h2-9H,10-11H2,1H3. The van der Waals surface area contributed by atoms with E-state index in [4.69, 9.17) is 0 Å². The van der Waals surface area contributed by atoms with Gasteiger partial charge in [-0.3, -0.25) is 0 Å². The van der Waals surface area contributed by atoms with Crippen molar-refractivity contribution in [1.82, 2.24) is 4.31 Å². The number of hydrogen-bond acceptors (Lipinski definition) is 2. The number of fused-ring (bicyclic) bond motifs is 1. The van der Waals surface area contributed by atoms with E-state index in [0.717, 1.165) is 22.3 Å². The molecule has 0 fully saturated rings. The fourth-order valence-electron chi connectivity index (χ4n) is 2.41. The minimum absolute atomic E-state index is 0.481. The van der Waals surface area contributed by atoms with Crippen LogP contribution in [-0.2, 0) is 23.1 Å². The first kappa shape index (κ1) is 12.4. The van der Waals surface area contributed by atoms with E-state index < -0.39 is 10.0 Å². The van der Waals surface area contributed by atoms with Crippen molar-refractivity contribution in [1.29, 1.82) is 0 Å². The predicted octanol–water partition coefficient (Wildman–Crippen LogP) is 2.63. The normalized spacial score (nSPS) is 15.4. The second-order valence-corrected chi connectivity index (χ2v) is 6.86. The van der Waals surface area contributed by atoms with Crippen LogP contribution in [-0.4, -0.2) is 19.0 Å². The van der Waals surface area contributed by atoms with Gasteiger partial charge in [0.2, 0.25) is 10.0 Å². The van der Waals surface area contributed by atoms with Crippen LogP contribution in [0.5, 0.6) is 0 Å². The highest BCUT2D eigenvalue weighted by Crippen LogP contribution is 2.29. The molecule has 0 aliphatic carbocycles. The summed E-state index contributed by atoms with van der Waals surface area (Å²) >= 11 is 0. The Morgan fingerprint density at radius 3 is 2.26 bits per heavy atom. The maximum absolute atomic E-state index is 11.6. The first-order valence-electron chi connectivity index (χ1n) is 6.16. The highest BCUT2D eigenvalue weighted by atomic mass is 32.2. The highest BCUT2D eigenvalue weighted by Gasteiger charge is 2.25. The van der Waals surface area contributed by atoms with Crippen molar-refractivity contribution in [3.8, 4) is 11.1 Å². The number of hydrogen-bond donors (Lipinski definition) is 0. The van der Waals surface area contributed by atoms with Crippen molar-refractivity contribution in [2.75, 3.05) is 6.26 Å². The van der Waals surface area contributed by atoms with E-state index in [1.807, 2.05) is 24.3 Å². The zero-order valence-corrected chi connectivity index (χ0v) is 11.5. The molecule has 0 aromatic heterocycles. The van der Waals surface area contributed by atoms with Crippen molar-refractivity contribution in [3.63, 3.8) is 0 Å². The maximum Gasteiger partial charge on any atom is 0.211 e. The summed E-state index contributed by atoms with van der Waals surface area (Å²) in [6.07, 6.45) is 1.26. The number of nitrogens with zero attached hydrogens (tertiary/aromatic N) is 1. The van der Waals surface area contributed by atoms with Crippen LogP contribution in [0.1, 0.15) is 11.1 Å². The summed E-state index contributed by atoms with van der Waals surface area (Å²) in [5, 5.41) is 0. The molecule has 0 saturated heterocycles. The molecule has 0 spiro atoms. The van der Waals surface area contributed by atoms with Crippen LogP contribution in [0.2, 0.25) is 0 Å². The molecule has 3 nitrogen and oxygen atoms in total.